The zero-order chi connectivity index (χ0) is 24.9. The number of pyridine rings is 1. The van der Waals surface area contributed by atoms with Crippen molar-refractivity contribution >= 4 is 34.1 Å². The van der Waals surface area contributed by atoms with Crippen molar-refractivity contribution in [1.82, 2.24) is 39.9 Å². The molecule has 0 aliphatic carbocycles. The van der Waals surface area contributed by atoms with Crippen molar-refractivity contribution in [2.45, 2.75) is 31.8 Å². The lowest BCUT2D eigenvalue weighted by molar-refractivity contribution is 0.287. The highest BCUT2D eigenvalue weighted by atomic mass is 19.1. The van der Waals surface area contributed by atoms with Crippen molar-refractivity contribution in [3.8, 4) is 11.5 Å². The van der Waals surface area contributed by atoms with Crippen molar-refractivity contribution in [2.75, 3.05) is 23.3 Å². The number of aromatic nitrogens is 7. The van der Waals surface area contributed by atoms with Gasteiger partial charge in [-0.2, -0.15) is 5.10 Å². The first-order chi connectivity index (χ1) is 18.1. The highest BCUT2D eigenvalue weighted by Crippen LogP contribution is 2.33. The lowest BCUT2D eigenvalue weighted by Crippen LogP contribution is -2.61. The SMILES string of the molecule is Cc1c(Oc2ccn3ncnc3c2)ccc(Nc2ncnc3cnc(N4C[C@@H]5CC[C@H]4CN5)nc23)c1F. The van der Waals surface area contributed by atoms with Gasteiger partial charge in [-0.05, 0) is 38.0 Å². The fourth-order valence-electron chi connectivity index (χ4n) is 5.02. The Morgan fingerprint density at radius 3 is 2.89 bits per heavy atom. The molecule has 0 unspecified atom stereocenters. The Hall–Kier alpha value is -4.45. The predicted octanol–water partition coefficient (Wildman–Crippen LogP) is 3.39. The fraction of sp³-hybridized carbons (Fsp3) is 0.280. The standard InChI is InChI=1S/C25H23FN10O/c1-14-20(37-17-6-7-36-21(8-17)30-13-32-36)5-4-18(22(14)26)33-24-23-19(29-12-31-24)10-28-25(34-23)35-11-15-2-3-16(35)9-27-15/h4-8,10,12-13,15-16,27H,2-3,9,11H2,1H3,(H,29,31,33)/t15-,16-/m0/s1. The van der Waals surface area contributed by atoms with Crippen LogP contribution in [0, 0.1) is 12.7 Å². The fourth-order valence-corrected chi connectivity index (χ4v) is 5.02. The summed E-state index contributed by atoms with van der Waals surface area (Å²) in [5.74, 6) is 1.56. The van der Waals surface area contributed by atoms with Gasteiger partial charge in [0.2, 0.25) is 5.95 Å². The molecule has 2 atom stereocenters. The van der Waals surface area contributed by atoms with Crippen LogP contribution >= 0.6 is 0 Å². The van der Waals surface area contributed by atoms with Gasteiger partial charge in [0.05, 0.1) is 11.9 Å². The number of ether oxygens (including phenoxy) is 1. The molecule has 3 aliphatic heterocycles. The van der Waals surface area contributed by atoms with Crippen molar-refractivity contribution in [1.29, 1.82) is 0 Å². The van der Waals surface area contributed by atoms with Crippen LogP contribution in [0.1, 0.15) is 18.4 Å². The summed E-state index contributed by atoms with van der Waals surface area (Å²) in [6.45, 7) is 3.46. The summed E-state index contributed by atoms with van der Waals surface area (Å²) in [6.07, 6.45) is 8.60. The minimum Gasteiger partial charge on any atom is -0.457 e. The number of nitrogens with zero attached hydrogens (tertiary/aromatic N) is 8. The Kier molecular flexibility index (Phi) is 5.06. The van der Waals surface area contributed by atoms with E-state index < -0.39 is 5.82 Å². The van der Waals surface area contributed by atoms with E-state index in [0.717, 1.165) is 25.9 Å². The second kappa shape index (κ2) is 8.59. The molecule has 8 rings (SSSR count). The number of fused-ring (bicyclic) bond motifs is 5. The highest BCUT2D eigenvalue weighted by molar-refractivity contribution is 5.87. The summed E-state index contributed by atoms with van der Waals surface area (Å²) in [5, 5.41) is 10.7. The Morgan fingerprint density at radius 2 is 2.05 bits per heavy atom. The molecule has 3 fully saturated rings. The van der Waals surface area contributed by atoms with Crippen LogP contribution in [0.5, 0.6) is 11.5 Å². The second-order valence-corrected chi connectivity index (χ2v) is 9.32. The van der Waals surface area contributed by atoms with Crippen molar-refractivity contribution in [3.63, 3.8) is 0 Å². The summed E-state index contributed by atoms with van der Waals surface area (Å²) in [4.78, 5) is 24.4. The number of nitrogens with one attached hydrogen (secondary N) is 2. The number of piperazine rings is 1. The van der Waals surface area contributed by atoms with E-state index in [9.17, 15) is 0 Å². The zero-order valence-electron chi connectivity index (χ0n) is 20.0. The molecule has 3 saturated heterocycles. The largest absolute Gasteiger partial charge is 0.457 e. The van der Waals surface area contributed by atoms with Gasteiger partial charge in [-0.15, -0.1) is 0 Å². The molecule has 0 spiro atoms. The smallest absolute Gasteiger partial charge is 0.226 e. The van der Waals surface area contributed by atoms with Crippen LogP contribution in [-0.4, -0.2) is 59.7 Å². The summed E-state index contributed by atoms with van der Waals surface area (Å²) in [6, 6.07) is 7.64. The van der Waals surface area contributed by atoms with E-state index in [1.54, 1.807) is 48.1 Å². The van der Waals surface area contributed by atoms with E-state index in [4.69, 9.17) is 9.72 Å². The molecule has 2 N–H and O–H groups in total. The molecule has 1 aromatic carbocycles. The lowest BCUT2D eigenvalue weighted by Gasteiger charge is -2.45. The number of hydrogen-bond acceptors (Lipinski definition) is 10. The van der Waals surface area contributed by atoms with Gasteiger partial charge in [-0.1, -0.05) is 0 Å². The van der Waals surface area contributed by atoms with Crippen molar-refractivity contribution in [3.05, 3.63) is 60.7 Å². The first-order valence-electron chi connectivity index (χ1n) is 12.1. The van der Waals surface area contributed by atoms with Gasteiger partial charge in [0.15, 0.2) is 17.3 Å². The Balaban J connectivity index is 1.18. The first kappa shape index (κ1) is 21.8. The molecule has 186 valence electrons. The molecule has 0 saturated carbocycles. The molecular formula is C25H23FN10O. The van der Waals surface area contributed by atoms with Crippen LogP contribution in [0.25, 0.3) is 16.7 Å². The van der Waals surface area contributed by atoms with E-state index >= 15 is 4.39 Å². The van der Waals surface area contributed by atoms with Crippen LogP contribution in [-0.2, 0) is 0 Å². The van der Waals surface area contributed by atoms with Crippen LogP contribution < -0.4 is 20.3 Å². The van der Waals surface area contributed by atoms with Gasteiger partial charge in [0.25, 0.3) is 0 Å². The molecule has 3 aliphatic rings. The van der Waals surface area contributed by atoms with E-state index in [0.29, 0.717) is 57.6 Å². The van der Waals surface area contributed by atoms with Gasteiger partial charge in [-0.3, -0.25) is 0 Å². The number of benzene rings is 1. The molecule has 5 aromatic rings. The Labute approximate surface area is 210 Å². The molecule has 7 heterocycles. The van der Waals surface area contributed by atoms with Crippen molar-refractivity contribution in [2.24, 2.45) is 0 Å². The maximum Gasteiger partial charge on any atom is 0.226 e. The van der Waals surface area contributed by atoms with Crippen LogP contribution in [0.2, 0.25) is 0 Å². The van der Waals surface area contributed by atoms with E-state index in [1.165, 1.54) is 12.7 Å². The summed E-state index contributed by atoms with van der Waals surface area (Å²) < 4.78 is 23.0. The highest BCUT2D eigenvalue weighted by Gasteiger charge is 2.35. The maximum absolute atomic E-state index is 15.5. The molecule has 0 amide bonds. The summed E-state index contributed by atoms with van der Waals surface area (Å²) in [7, 11) is 0. The van der Waals surface area contributed by atoms with Gasteiger partial charge in [0.1, 0.15) is 35.2 Å². The molecule has 12 heteroatoms. The molecule has 11 nitrogen and oxygen atoms in total. The van der Waals surface area contributed by atoms with Gasteiger partial charge >= 0.3 is 0 Å². The average molecular weight is 499 g/mol. The third-order valence-corrected chi connectivity index (χ3v) is 7.04. The van der Waals surface area contributed by atoms with Crippen LogP contribution in [0.4, 0.5) is 21.8 Å². The van der Waals surface area contributed by atoms with E-state index in [-0.39, 0.29) is 5.69 Å². The molecule has 0 radical (unpaired) electrons. The zero-order valence-corrected chi connectivity index (χ0v) is 20.0. The van der Waals surface area contributed by atoms with Gasteiger partial charge in [-0.25, -0.2) is 33.8 Å². The molecule has 4 aromatic heterocycles. The Morgan fingerprint density at radius 1 is 1.11 bits per heavy atom. The number of halogens is 1. The lowest BCUT2D eigenvalue weighted by atomic mass is 9.93. The molecule has 2 bridgehead atoms. The minimum atomic E-state index is -0.443. The molecule has 37 heavy (non-hydrogen) atoms. The van der Waals surface area contributed by atoms with Gasteiger partial charge in [0, 0.05) is 43.0 Å². The van der Waals surface area contributed by atoms with E-state index in [1.807, 2.05) is 0 Å². The van der Waals surface area contributed by atoms with Gasteiger partial charge < -0.3 is 20.3 Å². The molecular weight excluding hydrogens is 475 g/mol. The number of rotatable bonds is 5. The predicted molar refractivity (Wildman–Crippen MR) is 135 cm³/mol. The maximum atomic E-state index is 15.5. The van der Waals surface area contributed by atoms with E-state index in [2.05, 4.69) is 40.6 Å². The normalized spacial score (nSPS) is 19.0. The monoisotopic (exact) mass is 498 g/mol. The second-order valence-electron chi connectivity index (χ2n) is 9.32. The minimum absolute atomic E-state index is 0.263. The average Bonchev–Trinajstić information content (AvgIpc) is 3.41. The summed E-state index contributed by atoms with van der Waals surface area (Å²) >= 11 is 0. The first-order valence-corrected chi connectivity index (χ1v) is 12.1. The van der Waals surface area contributed by atoms with Crippen molar-refractivity contribution < 1.29 is 9.13 Å². The van der Waals surface area contributed by atoms with Crippen LogP contribution in [0.15, 0.2) is 49.3 Å². The number of piperidine rings is 2. The number of anilines is 3. The number of hydrogen-bond donors (Lipinski definition) is 2. The Bertz CT molecular complexity index is 1630. The third-order valence-electron chi connectivity index (χ3n) is 7.04. The summed E-state index contributed by atoms with van der Waals surface area (Å²) in [5.41, 5.74) is 2.39. The quantitative estimate of drug-likeness (QED) is 0.373. The van der Waals surface area contributed by atoms with Crippen LogP contribution in [0.3, 0.4) is 0 Å². The topological polar surface area (TPSA) is 118 Å². The third kappa shape index (κ3) is 3.85.